The molecule has 1 aliphatic rings. The highest BCUT2D eigenvalue weighted by Gasteiger charge is 2.22. The molecule has 0 aliphatic carbocycles. The van der Waals surface area contributed by atoms with Gasteiger partial charge < -0.3 is 14.2 Å². The summed E-state index contributed by atoms with van der Waals surface area (Å²) in [6, 6.07) is 14.3. The van der Waals surface area contributed by atoms with Crippen molar-refractivity contribution >= 4 is 11.7 Å². The van der Waals surface area contributed by atoms with Gasteiger partial charge in [-0.05, 0) is 22.3 Å². The van der Waals surface area contributed by atoms with Crippen LogP contribution in [-0.2, 0) is 16.0 Å². The molecule has 150 valence electrons. The second-order valence-corrected chi connectivity index (χ2v) is 7.06. The Morgan fingerprint density at radius 3 is 2.66 bits per heavy atom. The minimum absolute atomic E-state index is 0.0144. The average Bonchev–Trinajstić information content (AvgIpc) is 3.23. The van der Waals surface area contributed by atoms with Crippen molar-refractivity contribution in [2.45, 2.75) is 19.3 Å². The molecule has 1 aliphatic heterocycles. The van der Waals surface area contributed by atoms with E-state index in [1.807, 2.05) is 35.2 Å². The number of benzene rings is 2. The summed E-state index contributed by atoms with van der Waals surface area (Å²) < 4.78 is 25.2. The number of nitrogens with zero attached hydrogens (tertiary/aromatic N) is 3. The number of morpholine rings is 1. The van der Waals surface area contributed by atoms with E-state index in [1.165, 1.54) is 6.07 Å². The highest BCUT2D eigenvalue weighted by Crippen LogP contribution is 2.27. The van der Waals surface area contributed by atoms with Crippen LogP contribution in [0.25, 0.3) is 11.1 Å². The lowest BCUT2D eigenvalue weighted by atomic mass is 9.92. The summed E-state index contributed by atoms with van der Waals surface area (Å²) in [7, 11) is 0. The number of rotatable bonds is 6. The first-order chi connectivity index (χ1) is 14.1. The van der Waals surface area contributed by atoms with Gasteiger partial charge in [0.2, 0.25) is 5.89 Å². The zero-order valence-electron chi connectivity index (χ0n) is 16.2. The third-order valence-electron chi connectivity index (χ3n) is 5.14. The van der Waals surface area contributed by atoms with Crippen LogP contribution in [-0.4, -0.2) is 42.2 Å². The van der Waals surface area contributed by atoms with E-state index in [9.17, 15) is 9.18 Å². The smallest absolute Gasteiger partial charge is 0.266 e. The molecule has 1 fully saturated rings. The van der Waals surface area contributed by atoms with Gasteiger partial charge >= 0.3 is 0 Å². The standard InChI is InChI=1S/C22H22FN3O3/c1-15(17-7-8-18(19(23)13-17)16-5-3-2-4-6-16)20(27)14-21-24-22(25-29-21)26-9-11-28-12-10-26/h2-8,13,15H,9-12,14H2,1H3. The zero-order chi connectivity index (χ0) is 20.2. The molecule has 1 aromatic heterocycles. The Morgan fingerprint density at radius 1 is 1.17 bits per heavy atom. The molecule has 0 N–H and O–H groups in total. The van der Waals surface area contributed by atoms with Crippen LogP contribution in [0.3, 0.4) is 0 Å². The number of aromatic nitrogens is 2. The average molecular weight is 395 g/mol. The van der Waals surface area contributed by atoms with Crippen LogP contribution < -0.4 is 4.90 Å². The van der Waals surface area contributed by atoms with E-state index in [1.54, 1.807) is 19.1 Å². The maximum Gasteiger partial charge on any atom is 0.266 e. The van der Waals surface area contributed by atoms with Crippen LogP contribution in [0.1, 0.15) is 24.3 Å². The van der Waals surface area contributed by atoms with Crippen molar-refractivity contribution in [3.63, 3.8) is 0 Å². The van der Waals surface area contributed by atoms with E-state index >= 15 is 0 Å². The molecule has 0 bridgehead atoms. The number of hydrogen-bond acceptors (Lipinski definition) is 6. The molecule has 3 aromatic rings. The maximum absolute atomic E-state index is 14.6. The van der Waals surface area contributed by atoms with Crippen molar-refractivity contribution in [2.24, 2.45) is 0 Å². The van der Waals surface area contributed by atoms with Crippen molar-refractivity contribution in [3.8, 4) is 11.1 Å². The predicted octanol–water partition coefficient (Wildman–Crippen LogP) is 3.63. The first kappa shape index (κ1) is 19.3. The van der Waals surface area contributed by atoms with E-state index < -0.39 is 5.92 Å². The Morgan fingerprint density at radius 2 is 1.93 bits per heavy atom. The number of halogens is 1. The van der Waals surface area contributed by atoms with E-state index in [0.717, 1.165) is 5.56 Å². The molecule has 4 rings (SSSR count). The fourth-order valence-electron chi connectivity index (χ4n) is 3.35. The van der Waals surface area contributed by atoms with Crippen LogP contribution in [0, 0.1) is 5.82 Å². The molecule has 7 heteroatoms. The predicted molar refractivity (Wildman–Crippen MR) is 106 cm³/mol. The lowest BCUT2D eigenvalue weighted by molar-refractivity contribution is -0.119. The van der Waals surface area contributed by atoms with Crippen molar-refractivity contribution in [1.29, 1.82) is 0 Å². The second-order valence-electron chi connectivity index (χ2n) is 7.06. The molecule has 0 spiro atoms. The summed E-state index contributed by atoms with van der Waals surface area (Å²) in [6.45, 7) is 4.38. The normalized spacial score (nSPS) is 15.3. The van der Waals surface area contributed by atoms with Crippen LogP contribution in [0.2, 0.25) is 0 Å². The summed E-state index contributed by atoms with van der Waals surface area (Å²) in [5.74, 6) is -0.186. The summed E-state index contributed by atoms with van der Waals surface area (Å²) in [5, 5.41) is 3.96. The summed E-state index contributed by atoms with van der Waals surface area (Å²) in [5.41, 5.74) is 1.94. The van der Waals surface area contributed by atoms with E-state index in [2.05, 4.69) is 10.1 Å². The first-order valence-electron chi connectivity index (χ1n) is 9.64. The Balaban J connectivity index is 1.44. The summed E-state index contributed by atoms with van der Waals surface area (Å²) >= 11 is 0. The highest BCUT2D eigenvalue weighted by atomic mass is 19.1. The Bertz CT molecular complexity index is 984. The molecule has 6 nitrogen and oxygen atoms in total. The van der Waals surface area contributed by atoms with Gasteiger partial charge in [0.25, 0.3) is 5.95 Å². The molecule has 29 heavy (non-hydrogen) atoms. The fraction of sp³-hybridized carbons (Fsp3) is 0.318. The molecular formula is C22H22FN3O3. The van der Waals surface area contributed by atoms with Gasteiger partial charge in [0, 0.05) is 24.6 Å². The SMILES string of the molecule is CC(C(=O)Cc1nc(N2CCOCC2)no1)c1ccc(-c2ccccc2)c(F)c1. The number of anilines is 1. The third kappa shape index (κ3) is 4.35. The fourth-order valence-corrected chi connectivity index (χ4v) is 3.35. The number of ketones is 1. The maximum atomic E-state index is 14.6. The quantitative estimate of drug-likeness (QED) is 0.635. The molecule has 0 saturated carbocycles. The number of ether oxygens (including phenoxy) is 1. The minimum Gasteiger partial charge on any atom is -0.378 e. The Kier molecular flexibility index (Phi) is 5.67. The van der Waals surface area contributed by atoms with Crippen molar-refractivity contribution in [2.75, 3.05) is 31.2 Å². The van der Waals surface area contributed by atoms with Crippen LogP contribution >= 0.6 is 0 Å². The number of Topliss-reactive ketones (excluding diaryl/α,β-unsaturated/α-hetero) is 1. The molecule has 1 saturated heterocycles. The van der Waals surface area contributed by atoms with Gasteiger partial charge in [-0.1, -0.05) is 49.4 Å². The third-order valence-corrected chi connectivity index (χ3v) is 5.14. The van der Waals surface area contributed by atoms with E-state index in [0.29, 0.717) is 43.4 Å². The van der Waals surface area contributed by atoms with Gasteiger partial charge in [0.1, 0.15) is 11.6 Å². The lowest BCUT2D eigenvalue weighted by Crippen LogP contribution is -2.36. The van der Waals surface area contributed by atoms with Gasteiger partial charge in [-0.15, -0.1) is 0 Å². The van der Waals surface area contributed by atoms with Crippen molar-refractivity contribution in [1.82, 2.24) is 10.1 Å². The summed E-state index contributed by atoms with van der Waals surface area (Å²) in [4.78, 5) is 19.0. The van der Waals surface area contributed by atoms with Crippen LogP contribution in [0.15, 0.2) is 53.1 Å². The first-order valence-corrected chi connectivity index (χ1v) is 9.64. The highest BCUT2D eigenvalue weighted by molar-refractivity contribution is 5.86. The van der Waals surface area contributed by atoms with Gasteiger partial charge in [-0.25, -0.2) is 4.39 Å². The monoisotopic (exact) mass is 395 g/mol. The molecule has 2 aromatic carbocycles. The van der Waals surface area contributed by atoms with Gasteiger partial charge in [-0.3, -0.25) is 4.79 Å². The molecule has 1 atom stereocenters. The molecule has 2 heterocycles. The second kappa shape index (κ2) is 8.53. The molecular weight excluding hydrogens is 373 g/mol. The Hall–Kier alpha value is -3.06. The van der Waals surface area contributed by atoms with E-state index in [4.69, 9.17) is 9.26 Å². The van der Waals surface area contributed by atoms with Gasteiger partial charge in [-0.2, -0.15) is 4.98 Å². The lowest BCUT2D eigenvalue weighted by Gasteiger charge is -2.24. The van der Waals surface area contributed by atoms with Crippen molar-refractivity contribution < 1.29 is 18.4 Å². The zero-order valence-corrected chi connectivity index (χ0v) is 16.2. The number of hydrogen-bond donors (Lipinski definition) is 0. The minimum atomic E-state index is -0.479. The largest absolute Gasteiger partial charge is 0.378 e. The van der Waals surface area contributed by atoms with Crippen LogP contribution in [0.4, 0.5) is 10.3 Å². The number of carbonyl (C=O) groups excluding carboxylic acids is 1. The Labute approximate surface area is 168 Å². The number of carbonyl (C=O) groups is 1. The molecule has 0 amide bonds. The van der Waals surface area contributed by atoms with Gasteiger partial charge in [0.05, 0.1) is 19.6 Å². The van der Waals surface area contributed by atoms with Crippen molar-refractivity contribution in [3.05, 3.63) is 65.8 Å². The van der Waals surface area contributed by atoms with Gasteiger partial charge in [0.15, 0.2) is 0 Å². The van der Waals surface area contributed by atoms with E-state index in [-0.39, 0.29) is 23.9 Å². The molecule has 1 unspecified atom stereocenters. The summed E-state index contributed by atoms with van der Waals surface area (Å²) in [6.07, 6.45) is 0.0144. The topological polar surface area (TPSA) is 68.5 Å². The molecule has 0 radical (unpaired) electrons. The van der Waals surface area contributed by atoms with Crippen LogP contribution in [0.5, 0.6) is 0 Å².